The highest BCUT2D eigenvalue weighted by molar-refractivity contribution is 7.89. The van der Waals surface area contributed by atoms with Crippen LogP contribution in [0.5, 0.6) is 0 Å². The highest BCUT2D eigenvalue weighted by Crippen LogP contribution is 2.24. The minimum Gasteiger partial charge on any atom is -0.325 e. The lowest BCUT2D eigenvalue weighted by Gasteiger charge is -2.33. The number of carbonyl (C=O) groups is 1. The molecule has 3 aromatic rings. The van der Waals surface area contributed by atoms with Crippen LogP contribution >= 0.6 is 11.3 Å². The maximum Gasteiger partial charge on any atom is 0.243 e. The standard InChI is InChI=1S/C23H26N4O3S2/c1-17-6-8-21(9-7-17)32(29,30)27-12-10-26(11-13-27)15-23(28)25-20-5-3-4-19(14-20)22-16-31-18(2)24-22/h3-9,14,16H,10-13,15H2,1-2H3,(H,25,28). The van der Waals surface area contributed by atoms with E-state index in [4.69, 9.17) is 0 Å². The SMILES string of the molecule is Cc1ccc(S(=O)(=O)N2CCN(CC(=O)Nc3cccc(-c4csc(C)n4)c3)CC2)cc1. The normalized spacial score (nSPS) is 15.6. The van der Waals surface area contributed by atoms with Crippen molar-refractivity contribution in [1.82, 2.24) is 14.2 Å². The molecule has 0 bridgehead atoms. The third-order valence-electron chi connectivity index (χ3n) is 5.42. The molecule has 2 heterocycles. The number of anilines is 1. The van der Waals surface area contributed by atoms with Crippen LogP contribution in [0.25, 0.3) is 11.3 Å². The lowest BCUT2D eigenvalue weighted by atomic mass is 10.1. The second-order valence-corrected chi connectivity index (χ2v) is 10.9. The molecule has 1 aliphatic heterocycles. The summed E-state index contributed by atoms with van der Waals surface area (Å²) in [5, 5.41) is 5.94. The molecule has 1 saturated heterocycles. The van der Waals surface area contributed by atoms with Crippen molar-refractivity contribution >= 4 is 33.0 Å². The molecule has 2 aromatic carbocycles. The average molecular weight is 471 g/mol. The number of nitrogens with one attached hydrogen (secondary N) is 1. The molecule has 1 aliphatic rings. The molecule has 1 N–H and O–H groups in total. The number of rotatable bonds is 6. The number of nitrogens with zero attached hydrogens (tertiary/aromatic N) is 3. The van der Waals surface area contributed by atoms with E-state index in [0.717, 1.165) is 27.5 Å². The van der Waals surface area contributed by atoms with Gasteiger partial charge in [0.2, 0.25) is 15.9 Å². The summed E-state index contributed by atoms with van der Waals surface area (Å²) < 4.78 is 27.2. The number of hydrogen-bond donors (Lipinski definition) is 1. The van der Waals surface area contributed by atoms with Crippen LogP contribution in [0, 0.1) is 13.8 Å². The molecule has 32 heavy (non-hydrogen) atoms. The van der Waals surface area contributed by atoms with Crippen molar-refractivity contribution in [3.05, 3.63) is 64.5 Å². The topological polar surface area (TPSA) is 82.6 Å². The first-order chi connectivity index (χ1) is 15.3. The Bertz CT molecular complexity index is 1200. The number of piperazine rings is 1. The van der Waals surface area contributed by atoms with Gasteiger partial charge in [0.25, 0.3) is 0 Å². The van der Waals surface area contributed by atoms with E-state index in [1.54, 1.807) is 35.6 Å². The van der Waals surface area contributed by atoms with Crippen molar-refractivity contribution in [2.45, 2.75) is 18.7 Å². The number of amides is 1. The van der Waals surface area contributed by atoms with Crippen LogP contribution in [0.2, 0.25) is 0 Å². The summed E-state index contributed by atoms with van der Waals surface area (Å²) in [4.78, 5) is 19.3. The molecule has 0 radical (unpaired) electrons. The number of aryl methyl sites for hydroxylation is 2. The van der Waals surface area contributed by atoms with Gasteiger partial charge in [-0.3, -0.25) is 9.69 Å². The van der Waals surface area contributed by atoms with Gasteiger partial charge < -0.3 is 5.32 Å². The highest BCUT2D eigenvalue weighted by Gasteiger charge is 2.29. The van der Waals surface area contributed by atoms with Gasteiger partial charge in [0.1, 0.15) is 0 Å². The van der Waals surface area contributed by atoms with Crippen LogP contribution in [0.15, 0.2) is 58.8 Å². The smallest absolute Gasteiger partial charge is 0.243 e. The summed E-state index contributed by atoms with van der Waals surface area (Å²) in [6.45, 7) is 5.86. The van der Waals surface area contributed by atoms with E-state index in [0.29, 0.717) is 31.1 Å². The molecule has 168 valence electrons. The fraction of sp³-hybridized carbons (Fsp3) is 0.304. The lowest BCUT2D eigenvalue weighted by Crippen LogP contribution is -2.50. The van der Waals surface area contributed by atoms with Crippen LogP contribution in [-0.4, -0.2) is 61.2 Å². The Morgan fingerprint density at radius 1 is 1.06 bits per heavy atom. The molecule has 0 saturated carbocycles. The number of sulfonamides is 1. The van der Waals surface area contributed by atoms with Gasteiger partial charge in [-0.25, -0.2) is 13.4 Å². The Kier molecular flexibility index (Phi) is 6.71. The zero-order valence-electron chi connectivity index (χ0n) is 18.1. The minimum atomic E-state index is -3.51. The molecular weight excluding hydrogens is 444 g/mol. The van der Waals surface area contributed by atoms with Crippen LogP contribution in [0.1, 0.15) is 10.6 Å². The Labute approximate surface area is 192 Å². The van der Waals surface area contributed by atoms with Gasteiger partial charge in [0, 0.05) is 42.8 Å². The van der Waals surface area contributed by atoms with Crippen molar-refractivity contribution < 1.29 is 13.2 Å². The Balaban J connectivity index is 1.32. The molecule has 0 spiro atoms. The molecule has 9 heteroatoms. The van der Waals surface area contributed by atoms with E-state index >= 15 is 0 Å². The van der Waals surface area contributed by atoms with Crippen LogP contribution in [-0.2, 0) is 14.8 Å². The average Bonchev–Trinajstić information content (AvgIpc) is 3.21. The molecule has 7 nitrogen and oxygen atoms in total. The van der Waals surface area contributed by atoms with Gasteiger partial charge in [-0.1, -0.05) is 29.8 Å². The van der Waals surface area contributed by atoms with Crippen molar-refractivity contribution in [1.29, 1.82) is 0 Å². The number of thiazole rings is 1. The Morgan fingerprint density at radius 3 is 2.44 bits per heavy atom. The zero-order valence-corrected chi connectivity index (χ0v) is 19.7. The molecular formula is C23H26N4O3S2. The van der Waals surface area contributed by atoms with E-state index in [2.05, 4.69) is 10.3 Å². The fourth-order valence-electron chi connectivity index (χ4n) is 3.64. The van der Waals surface area contributed by atoms with E-state index in [9.17, 15) is 13.2 Å². The maximum absolute atomic E-state index is 12.8. The second-order valence-electron chi connectivity index (χ2n) is 7.87. The van der Waals surface area contributed by atoms with E-state index in [1.165, 1.54) is 4.31 Å². The quantitative estimate of drug-likeness (QED) is 0.597. The predicted molar refractivity (Wildman–Crippen MR) is 127 cm³/mol. The van der Waals surface area contributed by atoms with Crippen LogP contribution in [0.4, 0.5) is 5.69 Å². The van der Waals surface area contributed by atoms with Crippen LogP contribution < -0.4 is 5.32 Å². The molecule has 4 rings (SSSR count). The Morgan fingerprint density at radius 2 is 1.78 bits per heavy atom. The summed E-state index contributed by atoms with van der Waals surface area (Å²) in [5.41, 5.74) is 3.60. The van der Waals surface area contributed by atoms with E-state index in [1.807, 2.05) is 48.4 Å². The number of hydrogen-bond acceptors (Lipinski definition) is 6. The lowest BCUT2D eigenvalue weighted by molar-refractivity contribution is -0.117. The first kappa shape index (κ1) is 22.6. The van der Waals surface area contributed by atoms with Gasteiger partial charge in [-0.15, -0.1) is 11.3 Å². The zero-order chi connectivity index (χ0) is 22.7. The van der Waals surface area contributed by atoms with Crippen molar-refractivity contribution in [3.63, 3.8) is 0 Å². The summed E-state index contributed by atoms with van der Waals surface area (Å²) in [6, 6.07) is 14.5. The molecule has 1 fully saturated rings. The first-order valence-electron chi connectivity index (χ1n) is 10.4. The van der Waals surface area contributed by atoms with Gasteiger partial charge in [-0.2, -0.15) is 4.31 Å². The van der Waals surface area contributed by atoms with Crippen molar-refractivity contribution in [3.8, 4) is 11.3 Å². The molecule has 1 aromatic heterocycles. The maximum atomic E-state index is 12.8. The predicted octanol–water partition coefficient (Wildman–Crippen LogP) is 3.37. The van der Waals surface area contributed by atoms with Crippen LogP contribution in [0.3, 0.4) is 0 Å². The summed E-state index contributed by atoms with van der Waals surface area (Å²) in [7, 11) is -3.51. The first-order valence-corrected chi connectivity index (χ1v) is 12.7. The van der Waals surface area contributed by atoms with Gasteiger partial charge in [0.15, 0.2) is 0 Å². The monoisotopic (exact) mass is 470 g/mol. The van der Waals surface area contributed by atoms with Crippen molar-refractivity contribution in [2.75, 3.05) is 38.0 Å². The minimum absolute atomic E-state index is 0.119. The number of aromatic nitrogens is 1. The highest BCUT2D eigenvalue weighted by atomic mass is 32.2. The molecule has 0 unspecified atom stereocenters. The fourth-order valence-corrected chi connectivity index (χ4v) is 5.69. The third kappa shape index (κ3) is 5.24. The van der Waals surface area contributed by atoms with E-state index < -0.39 is 10.0 Å². The van der Waals surface area contributed by atoms with Gasteiger partial charge >= 0.3 is 0 Å². The molecule has 0 atom stereocenters. The molecule has 0 aliphatic carbocycles. The Hall–Kier alpha value is -2.59. The molecule has 1 amide bonds. The van der Waals surface area contributed by atoms with E-state index in [-0.39, 0.29) is 12.5 Å². The summed E-state index contributed by atoms with van der Waals surface area (Å²) in [5.74, 6) is -0.119. The van der Waals surface area contributed by atoms with Gasteiger partial charge in [-0.05, 0) is 38.1 Å². The number of carbonyl (C=O) groups excluding carboxylic acids is 1. The second kappa shape index (κ2) is 9.50. The van der Waals surface area contributed by atoms with Gasteiger partial charge in [0.05, 0.1) is 22.1 Å². The number of benzene rings is 2. The summed E-state index contributed by atoms with van der Waals surface area (Å²) in [6.07, 6.45) is 0. The third-order valence-corrected chi connectivity index (χ3v) is 8.10. The summed E-state index contributed by atoms with van der Waals surface area (Å²) >= 11 is 1.59. The largest absolute Gasteiger partial charge is 0.325 e. The van der Waals surface area contributed by atoms with Crippen molar-refractivity contribution in [2.24, 2.45) is 0 Å².